The van der Waals surface area contributed by atoms with Crippen LogP contribution in [0.5, 0.6) is 0 Å². The molecule has 0 rings (SSSR count). The van der Waals surface area contributed by atoms with E-state index in [4.69, 9.17) is 4.74 Å². The van der Waals surface area contributed by atoms with Crippen molar-refractivity contribution >= 4 is 11.8 Å². The molecule has 0 fully saturated rings. The van der Waals surface area contributed by atoms with Gasteiger partial charge >= 0.3 is 5.97 Å². The second-order valence-electron chi connectivity index (χ2n) is 4.64. The summed E-state index contributed by atoms with van der Waals surface area (Å²) in [6.45, 7) is 8.48. The number of hydrogen-bond acceptors (Lipinski definition) is 5. The lowest BCUT2D eigenvalue weighted by atomic mass is 10.1. The molecule has 1 N–H and O–H groups in total. The van der Waals surface area contributed by atoms with Gasteiger partial charge in [-0.2, -0.15) is 0 Å². The van der Waals surface area contributed by atoms with E-state index >= 15 is 0 Å². The van der Waals surface area contributed by atoms with E-state index in [2.05, 4.69) is 0 Å². The Balaban J connectivity index is 4.11. The summed E-state index contributed by atoms with van der Waals surface area (Å²) in [5.74, 6) is -0.675. The first kappa shape index (κ1) is 16.1. The van der Waals surface area contributed by atoms with E-state index in [1.54, 1.807) is 20.8 Å². The molecule has 0 aromatic carbocycles. The van der Waals surface area contributed by atoms with E-state index < -0.39 is 11.6 Å². The quantitative estimate of drug-likeness (QED) is 0.501. The summed E-state index contributed by atoms with van der Waals surface area (Å²) >= 11 is 0. The van der Waals surface area contributed by atoms with Crippen LogP contribution in [0.4, 0.5) is 0 Å². The van der Waals surface area contributed by atoms with Gasteiger partial charge in [-0.05, 0) is 27.3 Å². The molecule has 0 saturated heterocycles. The van der Waals surface area contributed by atoms with E-state index in [9.17, 15) is 14.7 Å². The maximum atomic E-state index is 11.6. The van der Waals surface area contributed by atoms with Gasteiger partial charge in [-0.15, -0.1) is 0 Å². The fraction of sp³-hybridized carbons (Fsp3) is 0.833. The molecule has 0 spiro atoms. The number of carbonyl (C=O) groups is 2. The average Bonchev–Trinajstić information content (AvgIpc) is 2.14. The maximum absolute atomic E-state index is 11.6. The molecule has 0 amide bonds. The number of carbonyl (C=O) groups excluding carboxylic acids is 2. The molecule has 0 bridgehead atoms. The molecule has 100 valence electrons. The zero-order chi connectivity index (χ0) is 13.5. The Bertz CT molecular complexity index is 258. The predicted octanol–water partition coefficient (Wildman–Crippen LogP) is 0.602. The van der Waals surface area contributed by atoms with Gasteiger partial charge in [0.1, 0.15) is 6.42 Å². The number of hydrogen-bond donors (Lipinski definition) is 1. The third-order valence-corrected chi connectivity index (χ3v) is 2.10. The minimum Gasteiger partial charge on any atom is -0.466 e. The van der Waals surface area contributed by atoms with Crippen LogP contribution >= 0.6 is 0 Å². The highest BCUT2D eigenvalue weighted by atomic mass is 16.5. The van der Waals surface area contributed by atoms with Gasteiger partial charge in [0, 0.05) is 6.54 Å². The molecule has 0 saturated carbocycles. The smallest absolute Gasteiger partial charge is 0.313 e. The molecule has 5 nitrogen and oxygen atoms in total. The highest BCUT2D eigenvalue weighted by molar-refractivity contribution is 5.96. The molecule has 0 radical (unpaired) electrons. The topological polar surface area (TPSA) is 66.8 Å². The Hall–Kier alpha value is -0.940. The normalized spacial score (nSPS) is 11.6. The van der Waals surface area contributed by atoms with Crippen LogP contribution < -0.4 is 0 Å². The van der Waals surface area contributed by atoms with Crippen LogP contribution in [-0.4, -0.2) is 53.6 Å². The molecule has 0 unspecified atom stereocenters. The number of esters is 1. The molecular weight excluding hydrogens is 222 g/mol. The summed E-state index contributed by atoms with van der Waals surface area (Å²) in [6, 6.07) is 0. The minimum absolute atomic E-state index is 0.166. The van der Waals surface area contributed by atoms with Crippen molar-refractivity contribution in [1.82, 2.24) is 4.90 Å². The zero-order valence-electron chi connectivity index (χ0n) is 11.2. The fourth-order valence-electron chi connectivity index (χ4n) is 1.51. The van der Waals surface area contributed by atoms with Crippen molar-refractivity contribution in [3.8, 4) is 0 Å². The Morgan fingerprint density at radius 3 is 2.29 bits per heavy atom. The predicted molar refractivity (Wildman–Crippen MR) is 64.7 cm³/mol. The third kappa shape index (κ3) is 8.83. The molecule has 17 heavy (non-hydrogen) atoms. The number of ether oxygens (including phenoxy) is 1. The summed E-state index contributed by atoms with van der Waals surface area (Å²) in [6.07, 6.45) is -0.198. The van der Waals surface area contributed by atoms with Crippen molar-refractivity contribution in [1.29, 1.82) is 0 Å². The lowest BCUT2D eigenvalue weighted by Gasteiger charge is -2.27. The van der Waals surface area contributed by atoms with Crippen LogP contribution in [0.25, 0.3) is 0 Å². The molecule has 0 aromatic rings. The van der Waals surface area contributed by atoms with Gasteiger partial charge in [0.2, 0.25) is 0 Å². The Kier molecular flexibility index (Phi) is 6.99. The largest absolute Gasteiger partial charge is 0.466 e. The molecule has 0 aromatic heterocycles. The molecule has 0 aliphatic carbocycles. The summed E-state index contributed by atoms with van der Waals surface area (Å²) in [5, 5.41) is 9.65. The van der Waals surface area contributed by atoms with Gasteiger partial charge in [0.25, 0.3) is 0 Å². The minimum atomic E-state index is -0.847. The van der Waals surface area contributed by atoms with Crippen LogP contribution in [0.1, 0.15) is 34.1 Å². The van der Waals surface area contributed by atoms with E-state index in [-0.39, 0.29) is 25.4 Å². The van der Waals surface area contributed by atoms with Crippen LogP contribution in [0.2, 0.25) is 0 Å². The number of rotatable bonds is 8. The van der Waals surface area contributed by atoms with Crippen molar-refractivity contribution in [2.75, 3.05) is 26.2 Å². The van der Waals surface area contributed by atoms with Crippen molar-refractivity contribution in [3.63, 3.8) is 0 Å². The Morgan fingerprint density at radius 2 is 1.88 bits per heavy atom. The second kappa shape index (κ2) is 7.40. The SMILES string of the molecule is CCOC(=O)CC(=O)CN(CC)CC(C)(C)O. The van der Waals surface area contributed by atoms with Gasteiger partial charge < -0.3 is 9.84 Å². The van der Waals surface area contributed by atoms with E-state index in [1.165, 1.54) is 0 Å². The van der Waals surface area contributed by atoms with Crippen molar-refractivity contribution < 1.29 is 19.4 Å². The summed E-state index contributed by atoms with van der Waals surface area (Å²) in [7, 11) is 0. The third-order valence-electron chi connectivity index (χ3n) is 2.10. The van der Waals surface area contributed by atoms with Crippen molar-refractivity contribution in [3.05, 3.63) is 0 Å². The monoisotopic (exact) mass is 245 g/mol. The first-order valence-corrected chi connectivity index (χ1v) is 5.90. The van der Waals surface area contributed by atoms with Gasteiger partial charge in [-0.25, -0.2) is 0 Å². The number of ketones is 1. The summed E-state index contributed by atoms with van der Waals surface area (Å²) < 4.78 is 4.70. The molecular formula is C12H23NO4. The summed E-state index contributed by atoms with van der Waals surface area (Å²) in [4.78, 5) is 24.5. The number of likely N-dealkylation sites (N-methyl/N-ethyl adjacent to an activating group) is 1. The van der Waals surface area contributed by atoms with Crippen LogP contribution in [0.15, 0.2) is 0 Å². The average molecular weight is 245 g/mol. The lowest BCUT2D eigenvalue weighted by Crippen LogP contribution is -2.41. The number of aliphatic hydroxyl groups is 1. The number of nitrogens with zero attached hydrogens (tertiary/aromatic N) is 1. The standard InChI is InChI=1S/C12H23NO4/c1-5-13(9-12(3,4)16)8-10(14)7-11(15)17-6-2/h16H,5-9H2,1-4H3. The van der Waals surface area contributed by atoms with Gasteiger partial charge in [-0.1, -0.05) is 6.92 Å². The van der Waals surface area contributed by atoms with E-state index in [0.717, 1.165) is 0 Å². The zero-order valence-corrected chi connectivity index (χ0v) is 11.2. The fourth-order valence-corrected chi connectivity index (χ4v) is 1.51. The van der Waals surface area contributed by atoms with E-state index in [0.29, 0.717) is 13.1 Å². The van der Waals surface area contributed by atoms with Crippen LogP contribution in [0, 0.1) is 0 Å². The molecule has 5 heteroatoms. The number of Topliss-reactive ketones (excluding diaryl/α,β-unsaturated/α-hetero) is 1. The van der Waals surface area contributed by atoms with Crippen LogP contribution in [-0.2, 0) is 14.3 Å². The van der Waals surface area contributed by atoms with Gasteiger partial charge in [0.15, 0.2) is 5.78 Å². The first-order valence-electron chi connectivity index (χ1n) is 5.90. The molecule has 0 aliphatic heterocycles. The maximum Gasteiger partial charge on any atom is 0.313 e. The van der Waals surface area contributed by atoms with Gasteiger partial charge in [0.05, 0.1) is 18.8 Å². The molecule has 0 heterocycles. The Morgan fingerprint density at radius 1 is 1.29 bits per heavy atom. The first-order chi connectivity index (χ1) is 7.78. The highest BCUT2D eigenvalue weighted by Crippen LogP contribution is 2.05. The highest BCUT2D eigenvalue weighted by Gasteiger charge is 2.20. The van der Waals surface area contributed by atoms with Crippen molar-refractivity contribution in [2.24, 2.45) is 0 Å². The van der Waals surface area contributed by atoms with E-state index in [1.807, 2.05) is 11.8 Å². The van der Waals surface area contributed by atoms with Gasteiger partial charge in [-0.3, -0.25) is 14.5 Å². The lowest BCUT2D eigenvalue weighted by molar-refractivity contribution is -0.145. The van der Waals surface area contributed by atoms with Crippen molar-refractivity contribution in [2.45, 2.75) is 39.7 Å². The second-order valence-corrected chi connectivity index (χ2v) is 4.64. The molecule has 0 atom stereocenters. The molecule has 0 aliphatic rings. The Labute approximate surface area is 103 Å². The van der Waals surface area contributed by atoms with Crippen LogP contribution in [0.3, 0.4) is 0 Å². The summed E-state index contributed by atoms with van der Waals surface area (Å²) in [5.41, 5.74) is -0.847.